The van der Waals surface area contributed by atoms with Crippen molar-refractivity contribution in [1.29, 1.82) is 0 Å². The Labute approximate surface area is 200 Å². The van der Waals surface area contributed by atoms with E-state index in [2.05, 4.69) is 79.6 Å². The van der Waals surface area contributed by atoms with Crippen LogP contribution < -0.4 is 8.85 Å². The standard InChI is InChI=1S/C26H37NO4Si2/c1-25(2,3)32(7,8)30-23-18-15-21(19-24(23)31-33(9,10)26(4,5)6)12-11-20-13-16-22(17-14-20)27(28)29/h13-19H,1-10H3. The second-order valence-electron chi connectivity index (χ2n) is 11.4. The predicted octanol–water partition coefficient (Wildman–Crippen LogP) is 7.76. The van der Waals surface area contributed by atoms with E-state index in [4.69, 9.17) is 8.85 Å². The lowest BCUT2D eigenvalue weighted by Crippen LogP contribution is -2.45. The maximum Gasteiger partial charge on any atom is 0.269 e. The Hall–Kier alpha value is -2.57. The fraction of sp³-hybridized carbons (Fsp3) is 0.462. The van der Waals surface area contributed by atoms with Crippen LogP contribution in [0, 0.1) is 22.0 Å². The van der Waals surface area contributed by atoms with Gasteiger partial charge >= 0.3 is 0 Å². The molecule has 0 atom stereocenters. The van der Waals surface area contributed by atoms with Crippen LogP contribution in [-0.4, -0.2) is 21.6 Å². The van der Waals surface area contributed by atoms with Gasteiger partial charge in [0.25, 0.3) is 22.3 Å². The Morgan fingerprint density at radius 3 is 1.61 bits per heavy atom. The number of nitrogens with zero attached hydrogens (tertiary/aromatic N) is 1. The van der Waals surface area contributed by atoms with Gasteiger partial charge in [-0.1, -0.05) is 53.4 Å². The number of benzene rings is 2. The average molecular weight is 484 g/mol. The minimum absolute atomic E-state index is 0.0433. The Bertz CT molecular complexity index is 1070. The third-order valence-electron chi connectivity index (χ3n) is 6.72. The molecule has 2 aromatic rings. The van der Waals surface area contributed by atoms with Crippen molar-refractivity contribution in [2.24, 2.45) is 0 Å². The van der Waals surface area contributed by atoms with Crippen LogP contribution in [-0.2, 0) is 0 Å². The molecule has 0 aromatic heterocycles. The minimum atomic E-state index is -2.10. The van der Waals surface area contributed by atoms with Crippen LogP contribution in [0.4, 0.5) is 5.69 Å². The van der Waals surface area contributed by atoms with Gasteiger partial charge in [-0.05, 0) is 66.6 Å². The molecule has 0 aliphatic carbocycles. The van der Waals surface area contributed by atoms with Crippen LogP contribution >= 0.6 is 0 Å². The van der Waals surface area contributed by atoms with Crippen molar-refractivity contribution in [3.05, 3.63) is 63.7 Å². The van der Waals surface area contributed by atoms with Crippen molar-refractivity contribution in [3.63, 3.8) is 0 Å². The smallest absolute Gasteiger partial charge is 0.269 e. The average Bonchev–Trinajstić information content (AvgIpc) is 2.66. The maximum absolute atomic E-state index is 10.9. The molecule has 0 unspecified atom stereocenters. The maximum atomic E-state index is 10.9. The molecule has 0 saturated heterocycles. The van der Waals surface area contributed by atoms with Gasteiger partial charge in [-0.3, -0.25) is 10.1 Å². The molecule has 0 spiro atoms. The molecule has 0 amide bonds. The largest absolute Gasteiger partial charge is 0.541 e. The number of rotatable bonds is 5. The summed E-state index contributed by atoms with van der Waals surface area (Å²) < 4.78 is 13.3. The van der Waals surface area contributed by atoms with Gasteiger partial charge in [0.05, 0.1) is 4.92 Å². The van der Waals surface area contributed by atoms with Crippen molar-refractivity contribution < 1.29 is 13.8 Å². The Morgan fingerprint density at radius 2 is 1.15 bits per heavy atom. The van der Waals surface area contributed by atoms with Crippen molar-refractivity contribution in [2.45, 2.75) is 77.8 Å². The summed E-state index contributed by atoms with van der Waals surface area (Å²) in [5.41, 5.74) is 1.58. The van der Waals surface area contributed by atoms with Crippen molar-refractivity contribution in [1.82, 2.24) is 0 Å². The molecule has 5 nitrogen and oxygen atoms in total. The number of hydrogen-bond donors (Lipinski definition) is 0. The quantitative estimate of drug-likeness (QED) is 0.189. The highest BCUT2D eigenvalue weighted by atomic mass is 28.4. The highest BCUT2D eigenvalue weighted by Gasteiger charge is 2.42. The van der Waals surface area contributed by atoms with Crippen LogP contribution in [0.5, 0.6) is 11.5 Å². The van der Waals surface area contributed by atoms with Crippen molar-refractivity contribution in [2.75, 3.05) is 0 Å². The molecule has 2 aromatic carbocycles. The summed E-state index contributed by atoms with van der Waals surface area (Å²) in [4.78, 5) is 10.4. The van der Waals surface area contributed by atoms with Crippen LogP contribution in [0.25, 0.3) is 0 Å². The van der Waals surface area contributed by atoms with Gasteiger partial charge in [-0.25, -0.2) is 0 Å². The van der Waals surface area contributed by atoms with Crippen LogP contribution in [0.15, 0.2) is 42.5 Å². The predicted molar refractivity (Wildman–Crippen MR) is 141 cm³/mol. The Kier molecular flexibility index (Phi) is 7.57. The van der Waals surface area contributed by atoms with Gasteiger partial charge in [0.1, 0.15) is 11.5 Å². The second kappa shape index (κ2) is 9.36. The summed E-state index contributed by atoms with van der Waals surface area (Å²) in [5.74, 6) is 7.77. The van der Waals surface area contributed by atoms with E-state index >= 15 is 0 Å². The van der Waals surface area contributed by atoms with Gasteiger partial charge in [-0.2, -0.15) is 0 Å². The van der Waals surface area contributed by atoms with Gasteiger partial charge < -0.3 is 8.85 Å². The lowest BCUT2D eigenvalue weighted by atomic mass is 10.1. The molecular weight excluding hydrogens is 446 g/mol. The van der Waals surface area contributed by atoms with Gasteiger partial charge in [0.15, 0.2) is 0 Å². The van der Waals surface area contributed by atoms with Crippen molar-refractivity contribution >= 4 is 22.3 Å². The lowest BCUT2D eigenvalue weighted by Gasteiger charge is -2.39. The SMILES string of the molecule is CC(C)(C)[Si](C)(C)Oc1ccc(C#Cc2ccc([N+](=O)[O-])cc2)cc1O[Si](C)(C)C(C)(C)C. The summed E-state index contributed by atoms with van der Waals surface area (Å²) >= 11 is 0. The minimum Gasteiger partial charge on any atom is -0.541 e. The normalized spacial score (nSPS) is 12.5. The monoisotopic (exact) mass is 483 g/mol. The zero-order chi connectivity index (χ0) is 25.2. The van der Waals surface area contributed by atoms with E-state index in [0.29, 0.717) is 5.56 Å². The summed E-state index contributed by atoms with van der Waals surface area (Å²) in [6, 6.07) is 12.1. The first-order valence-corrected chi connectivity index (χ1v) is 17.0. The van der Waals surface area contributed by atoms with E-state index < -0.39 is 21.6 Å². The van der Waals surface area contributed by atoms with Gasteiger partial charge in [0.2, 0.25) is 0 Å². The first kappa shape index (κ1) is 26.7. The Morgan fingerprint density at radius 1 is 0.727 bits per heavy atom. The molecule has 0 N–H and O–H groups in total. The number of nitro benzene ring substituents is 1. The van der Waals surface area contributed by atoms with Crippen molar-refractivity contribution in [3.8, 4) is 23.3 Å². The fourth-order valence-corrected chi connectivity index (χ4v) is 4.46. The summed E-state index contributed by atoms with van der Waals surface area (Å²) in [6.07, 6.45) is 0. The first-order chi connectivity index (χ1) is 14.9. The van der Waals surface area contributed by atoms with Gasteiger partial charge in [0, 0.05) is 23.3 Å². The molecule has 0 saturated carbocycles. The zero-order valence-electron chi connectivity index (χ0n) is 21.6. The molecule has 0 bridgehead atoms. The summed E-state index contributed by atoms with van der Waals surface area (Å²) in [6.45, 7) is 22.2. The molecule has 33 heavy (non-hydrogen) atoms. The highest BCUT2D eigenvalue weighted by Crippen LogP contribution is 2.43. The number of hydrogen-bond acceptors (Lipinski definition) is 4. The number of non-ortho nitro benzene ring substituents is 1. The van der Waals surface area contributed by atoms with Crippen LogP contribution in [0.3, 0.4) is 0 Å². The molecule has 0 fully saturated rings. The zero-order valence-corrected chi connectivity index (χ0v) is 23.6. The lowest BCUT2D eigenvalue weighted by molar-refractivity contribution is -0.384. The van der Waals surface area contributed by atoms with E-state index in [1.54, 1.807) is 12.1 Å². The van der Waals surface area contributed by atoms with Gasteiger partial charge in [-0.15, -0.1) is 0 Å². The third-order valence-corrected chi connectivity index (χ3v) is 15.4. The molecular formula is C26H37NO4Si2. The topological polar surface area (TPSA) is 61.6 Å². The van der Waals surface area contributed by atoms with E-state index in [9.17, 15) is 10.1 Å². The van der Waals surface area contributed by atoms with E-state index in [1.165, 1.54) is 12.1 Å². The number of nitro groups is 1. The van der Waals surface area contributed by atoms with E-state index in [0.717, 1.165) is 17.1 Å². The summed E-state index contributed by atoms with van der Waals surface area (Å²) in [7, 11) is -4.16. The Balaban J connectivity index is 2.47. The molecule has 7 heteroatoms. The third kappa shape index (κ3) is 6.72. The van der Waals surface area contributed by atoms with E-state index in [-0.39, 0.29) is 15.8 Å². The molecule has 178 valence electrons. The summed E-state index contributed by atoms with van der Waals surface area (Å²) in [5, 5.41) is 11.0. The van der Waals surface area contributed by atoms with Crippen LogP contribution in [0.1, 0.15) is 52.7 Å². The molecule has 0 heterocycles. The molecule has 0 aliphatic rings. The first-order valence-electron chi connectivity index (χ1n) is 11.2. The molecule has 2 rings (SSSR count). The fourth-order valence-electron chi connectivity index (χ4n) is 2.42. The molecule has 0 aliphatic heterocycles. The molecule has 0 radical (unpaired) electrons. The van der Waals surface area contributed by atoms with E-state index in [1.807, 2.05) is 18.2 Å². The second-order valence-corrected chi connectivity index (χ2v) is 20.9. The highest BCUT2D eigenvalue weighted by molar-refractivity contribution is 6.75. The van der Waals surface area contributed by atoms with Crippen LogP contribution in [0.2, 0.25) is 36.3 Å².